The van der Waals surface area contributed by atoms with E-state index >= 15 is 0 Å². The van der Waals surface area contributed by atoms with Gasteiger partial charge in [0.25, 0.3) is 5.91 Å². The molecule has 0 aromatic heterocycles. The molecule has 0 radical (unpaired) electrons. The average molecular weight is 250 g/mol. The summed E-state index contributed by atoms with van der Waals surface area (Å²) in [6.45, 7) is 2.82. The second-order valence-electron chi connectivity index (χ2n) is 4.47. The van der Waals surface area contributed by atoms with Crippen molar-refractivity contribution in [1.29, 1.82) is 0 Å². The van der Waals surface area contributed by atoms with Gasteiger partial charge in [-0.15, -0.1) is 0 Å². The minimum Gasteiger partial charge on any atom is -0.398 e. The Morgan fingerprint density at radius 2 is 2.00 bits per heavy atom. The molecule has 0 atom stereocenters. The third-order valence-corrected chi connectivity index (χ3v) is 2.91. The third-order valence-electron chi connectivity index (χ3n) is 2.91. The summed E-state index contributed by atoms with van der Waals surface area (Å²) in [5, 5.41) is 11.5. The van der Waals surface area contributed by atoms with Gasteiger partial charge in [0, 0.05) is 24.4 Å². The predicted molar refractivity (Wildman–Crippen MR) is 73.5 cm³/mol. The van der Waals surface area contributed by atoms with Gasteiger partial charge in [-0.05, 0) is 37.5 Å². The molecule has 0 aliphatic heterocycles. The van der Waals surface area contributed by atoms with Crippen LogP contribution in [0.5, 0.6) is 0 Å². The van der Waals surface area contributed by atoms with E-state index in [1.807, 2.05) is 13.0 Å². The molecular formula is C14H22N2O2. The molecule has 0 fully saturated rings. The lowest BCUT2D eigenvalue weighted by Gasteiger charge is -2.07. The summed E-state index contributed by atoms with van der Waals surface area (Å²) in [4.78, 5) is 11.8. The number of unbranched alkanes of at least 4 members (excludes halogenated alkanes) is 3. The molecule has 0 saturated carbocycles. The Labute approximate surface area is 108 Å². The number of carbonyl (C=O) groups is 1. The molecule has 0 spiro atoms. The van der Waals surface area contributed by atoms with Gasteiger partial charge < -0.3 is 16.2 Å². The van der Waals surface area contributed by atoms with Gasteiger partial charge in [-0.1, -0.05) is 18.9 Å². The number of rotatable bonds is 7. The number of hydrogen-bond acceptors (Lipinski definition) is 3. The second kappa shape index (κ2) is 7.71. The minimum atomic E-state index is -0.0798. The molecule has 0 unspecified atom stereocenters. The van der Waals surface area contributed by atoms with Crippen molar-refractivity contribution in [3.05, 3.63) is 29.3 Å². The lowest BCUT2D eigenvalue weighted by molar-refractivity contribution is 0.0953. The Bertz CT molecular complexity index is 391. The molecule has 0 aliphatic rings. The number of aryl methyl sites for hydroxylation is 1. The van der Waals surface area contributed by atoms with Crippen molar-refractivity contribution in [3.63, 3.8) is 0 Å². The van der Waals surface area contributed by atoms with Crippen LogP contribution >= 0.6 is 0 Å². The molecule has 1 aromatic carbocycles. The van der Waals surface area contributed by atoms with Gasteiger partial charge in [-0.2, -0.15) is 0 Å². The fourth-order valence-corrected chi connectivity index (χ4v) is 1.68. The lowest BCUT2D eigenvalue weighted by atomic mass is 10.1. The van der Waals surface area contributed by atoms with Crippen LogP contribution < -0.4 is 11.1 Å². The van der Waals surface area contributed by atoms with Crippen molar-refractivity contribution in [3.8, 4) is 0 Å². The van der Waals surface area contributed by atoms with Crippen LogP contribution in [0.15, 0.2) is 18.2 Å². The molecule has 4 heteroatoms. The van der Waals surface area contributed by atoms with Crippen LogP contribution in [0.3, 0.4) is 0 Å². The standard InChI is InChI=1S/C14H22N2O2/c1-11-6-7-12(10-13(11)15)14(18)16-8-4-2-3-5-9-17/h6-7,10,17H,2-5,8-9,15H2,1H3,(H,16,18). The number of nitrogens with one attached hydrogen (secondary N) is 1. The SMILES string of the molecule is Cc1ccc(C(=O)NCCCCCCO)cc1N. The van der Waals surface area contributed by atoms with E-state index < -0.39 is 0 Å². The van der Waals surface area contributed by atoms with Gasteiger partial charge in [0.2, 0.25) is 0 Å². The van der Waals surface area contributed by atoms with E-state index in [-0.39, 0.29) is 12.5 Å². The van der Waals surface area contributed by atoms with Crippen LogP contribution in [-0.2, 0) is 0 Å². The van der Waals surface area contributed by atoms with Crippen LogP contribution in [0.2, 0.25) is 0 Å². The highest BCUT2D eigenvalue weighted by Gasteiger charge is 2.05. The first-order valence-electron chi connectivity index (χ1n) is 6.40. The summed E-state index contributed by atoms with van der Waals surface area (Å²) >= 11 is 0. The lowest BCUT2D eigenvalue weighted by Crippen LogP contribution is -2.24. The molecule has 0 bridgehead atoms. The van der Waals surface area contributed by atoms with E-state index in [4.69, 9.17) is 10.8 Å². The van der Waals surface area contributed by atoms with Crippen LogP contribution in [0.25, 0.3) is 0 Å². The molecule has 0 aliphatic carbocycles. The summed E-state index contributed by atoms with van der Waals surface area (Å²) in [5.74, 6) is -0.0798. The van der Waals surface area contributed by atoms with Crippen molar-refractivity contribution in [2.45, 2.75) is 32.6 Å². The smallest absolute Gasteiger partial charge is 0.251 e. The van der Waals surface area contributed by atoms with Gasteiger partial charge in [-0.25, -0.2) is 0 Å². The summed E-state index contributed by atoms with van der Waals surface area (Å²) in [6.07, 6.45) is 3.80. The molecule has 1 aromatic rings. The van der Waals surface area contributed by atoms with Gasteiger partial charge in [-0.3, -0.25) is 4.79 Å². The van der Waals surface area contributed by atoms with E-state index in [0.29, 0.717) is 17.8 Å². The van der Waals surface area contributed by atoms with Crippen molar-refractivity contribution in [1.82, 2.24) is 5.32 Å². The highest BCUT2D eigenvalue weighted by atomic mass is 16.2. The van der Waals surface area contributed by atoms with E-state index in [9.17, 15) is 4.79 Å². The van der Waals surface area contributed by atoms with Crippen LogP contribution in [0.4, 0.5) is 5.69 Å². The molecule has 4 N–H and O–H groups in total. The van der Waals surface area contributed by atoms with Gasteiger partial charge in [0.15, 0.2) is 0 Å². The van der Waals surface area contributed by atoms with E-state index in [2.05, 4.69) is 5.32 Å². The number of nitrogen functional groups attached to an aromatic ring is 1. The van der Waals surface area contributed by atoms with Crippen molar-refractivity contribution >= 4 is 11.6 Å². The van der Waals surface area contributed by atoms with Crippen LogP contribution in [-0.4, -0.2) is 24.2 Å². The molecule has 100 valence electrons. The zero-order valence-electron chi connectivity index (χ0n) is 10.9. The number of carbonyl (C=O) groups excluding carboxylic acids is 1. The largest absolute Gasteiger partial charge is 0.398 e. The zero-order chi connectivity index (χ0) is 13.4. The van der Waals surface area contributed by atoms with E-state index in [1.54, 1.807) is 12.1 Å². The Hall–Kier alpha value is -1.55. The van der Waals surface area contributed by atoms with Crippen molar-refractivity contribution in [2.75, 3.05) is 18.9 Å². The maximum atomic E-state index is 11.8. The fraction of sp³-hybridized carbons (Fsp3) is 0.500. The number of amides is 1. The van der Waals surface area contributed by atoms with Gasteiger partial charge >= 0.3 is 0 Å². The molecule has 1 amide bonds. The molecule has 18 heavy (non-hydrogen) atoms. The third kappa shape index (κ3) is 4.75. The summed E-state index contributed by atoms with van der Waals surface area (Å²) in [6, 6.07) is 5.34. The first kappa shape index (κ1) is 14.5. The number of aliphatic hydroxyl groups is 1. The Morgan fingerprint density at radius 1 is 1.28 bits per heavy atom. The quantitative estimate of drug-likeness (QED) is 0.510. The molecule has 4 nitrogen and oxygen atoms in total. The highest BCUT2D eigenvalue weighted by Crippen LogP contribution is 2.12. The predicted octanol–water partition coefficient (Wildman–Crippen LogP) is 1.86. The highest BCUT2D eigenvalue weighted by molar-refractivity contribution is 5.95. The molecule has 0 saturated heterocycles. The molecular weight excluding hydrogens is 228 g/mol. The van der Waals surface area contributed by atoms with Gasteiger partial charge in [0.1, 0.15) is 0 Å². The Morgan fingerprint density at radius 3 is 2.67 bits per heavy atom. The summed E-state index contributed by atoms with van der Waals surface area (Å²) in [5.41, 5.74) is 8.00. The normalized spacial score (nSPS) is 10.3. The Balaban J connectivity index is 2.30. The van der Waals surface area contributed by atoms with Crippen LogP contribution in [0.1, 0.15) is 41.6 Å². The topological polar surface area (TPSA) is 75.3 Å². The second-order valence-corrected chi connectivity index (χ2v) is 4.47. The minimum absolute atomic E-state index is 0.0798. The van der Waals surface area contributed by atoms with Crippen LogP contribution in [0, 0.1) is 6.92 Å². The first-order valence-corrected chi connectivity index (χ1v) is 6.40. The zero-order valence-corrected chi connectivity index (χ0v) is 10.9. The number of aliphatic hydroxyl groups excluding tert-OH is 1. The summed E-state index contributed by atoms with van der Waals surface area (Å²) < 4.78 is 0. The molecule has 1 rings (SSSR count). The maximum absolute atomic E-state index is 11.8. The monoisotopic (exact) mass is 250 g/mol. The maximum Gasteiger partial charge on any atom is 0.251 e. The number of benzene rings is 1. The molecule has 0 heterocycles. The summed E-state index contributed by atoms with van der Waals surface area (Å²) in [7, 11) is 0. The average Bonchev–Trinajstić information content (AvgIpc) is 2.36. The Kier molecular flexibility index (Phi) is 6.22. The van der Waals surface area contributed by atoms with E-state index in [0.717, 1.165) is 31.2 Å². The van der Waals surface area contributed by atoms with Gasteiger partial charge in [0.05, 0.1) is 0 Å². The van der Waals surface area contributed by atoms with Crippen molar-refractivity contribution in [2.24, 2.45) is 0 Å². The number of nitrogens with two attached hydrogens (primary N) is 1. The number of anilines is 1. The first-order chi connectivity index (χ1) is 8.65. The number of hydrogen-bond donors (Lipinski definition) is 3. The fourth-order valence-electron chi connectivity index (χ4n) is 1.68. The van der Waals surface area contributed by atoms with Crippen molar-refractivity contribution < 1.29 is 9.90 Å². The van der Waals surface area contributed by atoms with E-state index in [1.165, 1.54) is 0 Å².